The number of likely N-dealkylation sites (N-methyl/N-ethyl adjacent to an activating group) is 1. The fraction of sp³-hybridized carbons (Fsp3) is 0.600. The molecule has 20 heavy (non-hydrogen) atoms. The first-order valence-corrected chi connectivity index (χ1v) is 6.98. The van der Waals surface area contributed by atoms with Gasteiger partial charge < -0.3 is 14.5 Å². The third-order valence-electron chi connectivity index (χ3n) is 3.37. The van der Waals surface area contributed by atoms with E-state index in [-0.39, 0.29) is 12.1 Å². The van der Waals surface area contributed by atoms with Crippen LogP contribution in [0.3, 0.4) is 0 Å². The van der Waals surface area contributed by atoms with Crippen LogP contribution in [0.4, 0.5) is 10.6 Å². The molecule has 5 nitrogen and oxygen atoms in total. The lowest BCUT2D eigenvalue weighted by Gasteiger charge is -2.27. The van der Waals surface area contributed by atoms with Crippen LogP contribution in [0, 0.1) is 0 Å². The lowest BCUT2D eigenvalue weighted by Crippen LogP contribution is -2.39. The highest BCUT2D eigenvalue weighted by atomic mass is 16.6. The van der Waals surface area contributed by atoms with E-state index in [0.29, 0.717) is 6.54 Å². The maximum absolute atomic E-state index is 12.0. The van der Waals surface area contributed by atoms with E-state index in [1.54, 1.807) is 11.1 Å². The largest absolute Gasteiger partial charge is 0.444 e. The number of likely N-dealkylation sites (tertiary alicyclic amines) is 1. The van der Waals surface area contributed by atoms with Gasteiger partial charge in [-0.1, -0.05) is 6.07 Å². The molecule has 0 unspecified atom stereocenters. The van der Waals surface area contributed by atoms with Crippen LogP contribution in [0.25, 0.3) is 0 Å². The Balaban J connectivity index is 1.94. The first-order chi connectivity index (χ1) is 9.37. The number of nitrogens with zero attached hydrogens (tertiary/aromatic N) is 3. The van der Waals surface area contributed by atoms with Crippen molar-refractivity contribution < 1.29 is 9.53 Å². The Hall–Kier alpha value is -1.78. The Labute approximate surface area is 120 Å². The average molecular weight is 277 g/mol. The van der Waals surface area contributed by atoms with Crippen LogP contribution < -0.4 is 4.90 Å². The van der Waals surface area contributed by atoms with Crippen LogP contribution in [-0.2, 0) is 4.74 Å². The van der Waals surface area contributed by atoms with E-state index in [0.717, 1.165) is 18.8 Å². The van der Waals surface area contributed by atoms with E-state index < -0.39 is 5.60 Å². The lowest BCUT2D eigenvalue weighted by molar-refractivity contribution is 0.0292. The van der Waals surface area contributed by atoms with Gasteiger partial charge in [0.2, 0.25) is 0 Å². The zero-order chi connectivity index (χ0) is 14.8. The molecule has 1 atom stereocenters. The lowest BCUT2D eigenvalue weighted by atomic mass is 10.2. The van der Waals surface area contributed by atoms with E-state index >= 15 is 0 Å². The van der Waals surface area contributed by atoms with Gasteiger partial charge in [-0.15, -0.1) is 0 Å². The van der Waals surface area contributed by atoms with Gasteiger partial charge in [0.25, 0.3) is 0 Å². The summed E-state index contributed by atoms with van der Waals surface area (Å²) in [4.78, 5) is 20.3. The Morgan fingerprint density at radius 2 is 2.20 bits per heavy atom. The van der Waals surface area contributed by atoms with Gasteiger partial charge in [-0.25, -0.2) is 9.78 Å². The van der Waals surface area contributed by atoms with Crippen LogP contribution in [0.5, 0.6) is 0 Å². The Kier molecular flexibility index (Phi) is 4.16. The van der Waals surface area contributed by atoms with Crippen molar-refractivity contribution in [2.45, 2.75) is 38.8 Å². The number of carbonyl (C=O) groups is 1. The van der Waals surface area contributed by atoms with Gasteiger partial charge in [-0.05, 0) is 39.3 Å². The number of aromatic nitrogens is 1. The van der Waals surface area contributed by atoms with Crippen LogP contribution in [-0.4, -0.2) is 47.8 Å². The maximum Gasteiger partial charge on any atom is 0.410 e. The molecule has 1 aromatic rings. The number of ether oxygens (including phenoxy) is 1. The van der Waals surface area contributed by atoms with Gasteiger partial charge >= 0.3 is 6.09 Å². The summed E-state index contributed by atoms with van der Waals surface area (Å²) in [7, 11) is 2.02. The summed E-state index contributed by atoms with van der Waals surface area (Å²) in [6.07, 6.45) is 2.49. The minimum absolute atomic E-state index is 0.227. The molecule has 110 valence electrons. The molecule has 2 rings (SSSR count). The van der Waals surface area contributed by atoms with Crippen molar-refractivity contribution in [3.05, 3.63) is 24.4 Å². The van der Waals surface area contributed by atoms with Crippen LogP contribution in [0.15, 0.2) is 24.4 Å². The number of hydrogen-bond donors (Lipinski definition) is 0. The zero-order valence-electron chi connectivity index (χ0n) is 12.7. The first kappa shape index (κ1) is 14.6. The predicted molar refractivity (Wildman–Crippen MR) is 78.9 cm³/mol. The van der Waals surface area contributed by atoms with Gasteiger partial charge in [0.1, 0.15) is 11.4 Å². The standard InChI is InChI=1S/C15H23N3O2/c1-15(2,3)20-14(19)18-10-8-12(11-18)17(4)13-7-5-6-9-16-13/h5-7,9,12H,8,10-11H2,1-4H3/t12-/m0/s1. The molecule has 1 fully saturated rings. The van der Waals surface area contributed by atoms with Gasteiger partial charge in [-0.3, -0.25) is 0 Å². The highest BCUT2D eigenvalue weighted by molar-refractivity contribution is 5.68. The van der Waals surface area contributed by atoms with Crippen LogP contribution in [0.2, 0.25) is 0 Å². The number of carbonyl (C=O) groups excluding carboxylic acids is 1. The van der Waals surface area contributed by atoms with Crippen molar-refractivity contribution in [2.24, 2.45) is 0 Å². The molecule has 1 aliphatic heterocycles. The quantitative estimate of drug-likeness (QED) is 0.833. The second-order valence-corrected chi connectivity index (χ2v) is 6.17. The molecule has 0 bridgehead atoms. The fourth-order valence-electron chi connectivity index (χ4n) is 2.30. The highest BCUT2D eigenvalue weighted by Crippen LogP contribution is 2.21. The minimum atomic E-state index is -0.442. The van der Waals surface area contributed by atoms with Crippen LogP contribution in [0.1, 0.15) is 27.2 Å². The summed E-state index contributed by atoms with van der Waals surface area (Å²) in [6.45, 7) is 7.08. The second-order valence-electron chi connectivity index (χ2n) is 6.17. The Morgan fingerprint density at radius 3 is 2.80 bits per heavy atom. The van der Waals surface area contributed by atoms with Gasteiger partial charge in [0.15, 0.2) is 0 Å². The molecule has 1 aromatic heterocycles. The molecule has 1 amide bonds. The molecule has 1 saturated heterocycles. The molecule has 0 aromatic carbocycles. The van der Waals surface area contributed by atoms with Crippen molar-refractivity contribution in [1.82, 2.24) is 9.88 Å². The zero-order valence-corrected chi connectivity index (χ0v) is 12.7. The summed E-state index contributed by atoms with van der Waals surface area (Å²) in [5.41, 5.74) is -0.442. The summed E-state index contributed by atoms with van der Waals surface area (Å²) >= 11 is 0. The molecule has 0 aliphatic carbocycles. The summed E-state index contributed by atoms with van der Waals surface area (Å²) in [5.74, 6) is 0.934. The monoisotopic (exact) mass is 277 g/mol. The van der Waals surface area contributed by atoms with E-state index in [1.807, 2.05) is 46.0 Å². The second kappa shape index (κ2) is 5.69. The van der Waals surface area contributed by atoms with Crippen molar-refractivity contribution >= 4 is 11.9 Å². The smallest absolute Gasteiger partial charge is 0.410 e. The third-order valence-corrected chi connectivity index (χ3v) is 3.37. The summed E-state index contributed by atoms with van der Waals surface area (Å²) in [5, 5.41) is 0. The molecular formula is C15H23N3O2. The van der Waals surface area contributed by atoms with E-state index in [4.69, 9.17) is 4.74 Å². The van der Waals surface area contributed by atoms with Crippen molar-refractivity contribution in [1.29, 1.82) is 0 Å². The molecular weight excluding hydrogens is 254 g/mol. The molecule has 0 radical (unpaired) electrons. The molecule has 0 N–H and O–H groups in total. The molecule has 1 aliphatic rings. The summed E-state index contributed by atoms with van der Waals surface area (Å²) in [6, 6.07) is 6.14. The average Bonchev–Trinajstić information content (AvgIpc) is 2.86. The van der Waals surface area contributed by atoms with E-state index in [9.17, 15) is 4.79 Å². The number of hydrogen-bond acceptors (Lipinski definition) is 4. The third kappa shape index (κ3) is 3.62. The fourth-order valence-corrected chi connectivity index (χ4v) is 2.30. The summed E-state index contributed by atoms with van der Waals surface area (Å²) < 4.78 is 5.41. The van der Waals surface area contributed by atoms with Crippen molar-refractivity contribution in [3.8, 4) is 0 Å². The Morgan fingerprint density at radius 1 is 1.45 bits per heavy atom. The van der Waals surface area contributed by atoms with Crippen LogP contribution >= 0.6 is 0 Å². The molecule has 5 heteroatoms. The van der Waals surface area contributed by atoms with E-state index in [2.05, 4.69) is 9.88 Å². The van der Waals surface area contributed by atoms with Gasteiger partial charge in [0.05, 0.1) is 0 Å². The predicted octanol–water partition coefficient (Wildman–Crippen LogP) is 2.53. The SMILES string of the molecule is CN(c1ccccn1)[C@H]1CCN(C(=O)OC(C)(C)C)C1. The molecule has 2 heterocycles. The minimum Gasteiger partial charge on any atom is -0.444 e. The highest BCUT2D eigenvalue weighted by Gasteiger charge is 2.32. The molecule has 0 spiro atoms. The normalized spacial score (nSPS) is 19.0. The van der Waals surface area contributed by atoms with Crippen molar-refractivity contribution in [3.63, 3.8) is 0 Å². The first-order valence-electron chi connectivity index (χ1n) is 6.98. The van der Waals surface area contributed by atoms with Gasteiger partial charge in [-0.2, -0.15) is 0 Å². The number of amides is 1. The van der Waals surface area contributed by atoms with Gasteiger partial charge in [0, 0.05) is 32.4 Å². The van der Waals surface area contributed by atoms with E-state index in [1.165, 1.54) is 0 Å². The maximum atomic E-state index is 12.0. The number of anilines is 1. The topological polar surface area (TPSA) is 45.7 Å². The van der Waals surface area contributed by atoms with Crippen molar-refractivity contribution in [2.75, 3.05) is 25.0 Å². The number of rotatable bonds is 2. The molecule has 0 saturated carbocycles. The number of pyridine rings is 1. The Bertz CT molecular complexity index is 456.